The molecule has 17 heavy (non-hydrogen) atoms. The predicted octanol–water partition coefficient (Wildman–Crippen LogP) is 1.78. The summed E-state index contributed by atoms with van der Waals surface area (Å²) in [5.41, 5.74) is 1.80. The van der Waals surface area contributed by atoms with Crippen LogP contribution in [0.2, 0.25) is 0 Å². The molecule has 1 aromatic heterocycles. The maximum atomic E-state index is 12.3. The zero-order valence-electron chi connectivity index (χ0n) is 10.3. The van der Waals surface area contributed by atoms with Crippen LogP contribution in [0.1, 0.15) is 19.0 Å². The monoisotopic (exact) mass is 234 g/mol. The fraction of sp³-hybridized carbons (Fsp3) is 0.538. The SMILES string of the molecule is CCN(C(=O)C1CCOC1)c1cccnc1C. The van der Waals surface area contributed by atoms with Crippen LogP contribution in [0.4, 0.5) is 5.69 Å². The smallest absolute Gasteiger partial charge is 0.232 e. The number of ether oxygens (including phenoxy) is 1. The van der Waals surface area contributed by atoms with E-state index in [0.717, 1.165) is 17.8 Å². The van der Waals surface area contributed by atoms with E-state index in [2.05, 4.69) is 4.98 Å². The summed E-state index contributed by atoms with van der Waals surface area (Å²) in [4.78, 5) is 18.4. The zero-order valence-corrected chi connectivity index (χ0v) is 10.3. The molecular weight excluding hydrogens is 216 g/mol. The molecule has 92 valence electrons. The van der Waals surface area contributed by atoms with Crippen LogP contribution in [0, 0.1) is 12.8 Å². The summed E-state index contributed by atoms with van der Waals surface area (Å²) < 4.78 is 5.28. The molecule has 4 nitrogen and oxygen atoms in total. The Balaban J connectivity index is 2.21. The van der Waals surface area contributed by atoms with Crippen molar-refractivity contribution < 1.29 is 9.53 Å². The molecule has 1 unspecified atom stereocenters. The highest BCUT2D eigenvalue weighted by atomic mass is 16.5. The van der Waals surface area contributed by atoms with Gasteiger partial charge in [0.25, 0.3) is 0 Å². The number of aryl methyl sites for hydroxylation is 1. The third kappa shape index (κ3) is 2.47. The second-order valence-corrected chi connectivity index (χ2v) is 4.25. The third-order valence-corrected chi connectivity index (χ3v) is 3.13. The average molecular weight is 234 g/mol. The first-order valence-electron chi connectivity index (χ1n) is 6.04. The van der Waals surface area contributed by atoms with Crippen molar-refractivity contribution in [2.75, 3.05) is 24.7 Å². The van der Waals surface area contributed by atoms with Gasteiger partial charge in [-0.05, 0) is 32.4 Å². The van der Waals surface area contributed by atoms with Crippen LogP contribution in [0.3, 0.4) is 0 Å². The number of anilines is 1. The number of amides is 1. The minimum atomic E-state index is 0.00885. The van der Waals surface area contributed by atoms with Crippen molar-refractivity contribution in [2.24, 2.45) is 5.92 Å². The molecule has 2 heterocycles. The largest absolute Gasteiger partial charge is 0.381 e. The minimum Gasteiger partial charge on any atom is -0.381 e. The van der Waals surface area contributed by atoms with Crippen molar-refractivity contribution in [3.63, 3.8) is 0 Å². The fourth-order valence-electron chi connectivity index (χ4n) is 2.16. The quantitative estimate of drug-likeness (QED) is 0.800. The maximum absolute atomic E-state index is 12.3. The Kier molecular flexibility index (Phi) is 3.74. The van der Waals surface area contributed by atoms with Gasteiger partial charge in [-0.15, -0.1) is 0 Å². The molecule has 0 saturated carbocycles. The van der Waals surface area contributed by atoms with Gasteiger partial charge < -0.3 is 9.64 Å². The number of aromatic nitrogens is 1. The van der Waals surface area contributed by atoms with E-state index in [9.17, 15) is 4.79 Å². The van der Waals surface area contributed by atoms with Crippen LogP contribution < -0.4 is 4.90 Å². The molecule has 0 spiro atoms. The summed E-state index contributed by atoms with van der Waals surface area (Å²) in [6, 6.07) is 3.81. The molecule has 1 aliphatic heterocycles. The lowest BCUT2D eigenvalue weighted by atomic mass is 10.1. The minimum absolute atomic E-state index is 0.00885. The molecule has 1 atom stereocenters. The Labute approximate surface area is 102 Å². The Morgan fingerprint density at radius 2 is 2.47 bits per heavy atom. The lowest BCUT2D eigenvalue weighted by molar-refractivity contribution is -0.122. The summed E-state index contributed by atoms with van der Waals surface area (Å²) in [5.74, 6) is 0.163. The summed E-state index contributed by atoms with van der Waals surface area (Å²) >= 11 is 0. The fourth-order valence-corrected chi connectivity index (χ4v) is 2.16. The Morgan fingerprint density at radius 1 is 1.65 bits per heavy atom. The molecule has 4 heteroatoms. The van der Waals surface area contributed by atoms with E-state index in [1.807, 2.05) is 30.9 Å². The molecule has 0 bridgehead atoms. The van der Waals surface area contributed by atoms with Crippen LogP contribution in [0.25, 0.3) is 0 Å². The second kappa shape index (κ2) is 5.27. The van der Waals surface area contributed by atoms with E-state index in [4.69, 9.17) is 4.74 Å². The normalized spacial score (nSPS) is 19.3. The van der Waals surface area contributed by atoms with E-state index < -0.39 is 0 Å². The van der Waals surface area contributed by atoms with Crippen LogP contribution in [-0.2, 0) is 9.53 Å². The molecule has 0 N–H and O–H groups in total. The van der Waals surface area contributed by atoms with Gasteiger partial charge in [-0.2, -0.15) is 0 Å². The molecule has 2 rings (SSSR count). The molecule has 1 fully saturated rings. The number of hydrogen-bond acceptors (Lipinski definition) is 3. The molecule has 1 saturated heterocycles. The number of nitrogens with zero attached hydrogens (tertiary/aromatic N) is 2. The molecule has 1 amide bonds. The first-order valence-corrected chi connectivity index (χ1v) is 6.04. The molecule has 0 radical (unpaired) electrons. The van der Waals surface area contributed by atoms with Gasteiger partial charge in [-0.25, -0.2) is 0 Å². The first-order chi connectivity index (χ1) is 8.24. The van der Waals surface area contributed by atoms with Crippen LogP contribution in [-0.4, -0.2) is 30.6 Å². The van der Waals surface area contributed by atoms with Gasteiger partial charge in [0.2, 0.25) is 5.91 Å². The van der Waals surface area contributed by atoms with E-state index >= 15 is 0 Å². The van der Waals surface area contributed by atoms with Crippen molar-refractivity contribution in [3.05, 3.63) is 24.0 Å². The number of hydrogen-bond donors (Lipinski definition) is 0. The van der Waals surface area contributed by atoms with Crippen LogP contribution in [0.15, 0.2) is 18.3 Å². The topological polar surface area (TPSA) is 42.4 Å². The lowest BCUT2D eigenvalue weighted by Gasteiger charge is -2.24. The van der Waals surface area contributed by atoms with Gasteiger partial charge in [-0.3, -0.25) is 9.78 Å². The van der Waals surface area contributed by atoms with Crippen molar-refractivity contribution in [3.8, 4) is 0 Å². The highest BCUT2D eigenvalue weighted by molar-refractivity contribution is 5.95. The van der Waals surface area contributed by atoms with Crippen molar-refractivity contribution in [2.45, 2.75) is 20.3 Å². The Bertz CT molecular complexity index is 400. The lowest BCUT2D eigenvalue weighted by Crippen LogP contribution is -2.36. The Hall–Kier alpha value is -1.42. The summed E-state index contributed by atoms with van der Waals surface area (Å²) in [7, 11) is 0. The first kappa shape index (κ1) is 12.0. The molecular formula is C13H18N2O2. The van der Waals surface area contributed by atoms with Gasteiger partial charge in [0.05, 0.1) is 23.9 Å². The van der Waals surface area contributed by atoms with E-state index in [-0.39, 0.29) is 11.8 Å². The van der Waals surface area contributed by atoms with Gasteiger partial charge in [-0.1, -0.05) is 0 Å². The highest BCUT2D eigenvalue weighted by Crippen LogP contribution is 2.22. The van der Waals surface area contributed by atoms with E-state index in [1.54, 1.807) is 6.20 Å². The van der Waals surface area contributed by atoms with Crippen LogP contribution >= 0.6 is 0 Å². The molecule has 1 aromatic rings. The highest BCUT2D eigenvalue weighted by Gasteiger charge is 2.28. The van der Waals surface area contributed by atoms with Crippen molar-refractivity contribution >= 4 is 11.6 Å². The summed E-state index contributed by atoms with van der Waals surface area (Å²) in [6.07, 6.45) is 2.57. The van der Waals surface area contributed by atoms with Gasteiger partial charge >= 0.3 is 0 Å². The number of carbonyl (C=O) groups is 1. The van der Waals surface area contributed by atoms with Crippen molar-refractivity contribution in [1.29, 1.82) is 0 Å². The standard InChI is InChI=1S/C13H18N2O2/c1-3-15(12-5-4-7-14-10(12)2)13(16)11-6-8-17-9-11/h4-5,7,11H,3,6,8-9H2,1-2H3. The summed E-state index contributed by atoms with van der Waals surface area (Å²) in [5, 5.41) is 0. The van der Waals surface area contributed by atoms with Crippen LogP contribution in [0.5, 0.6) is 0 Å². The molecule has 1 aliphatic rings. The van der Waals surface area contributed by atoms with Crippen molar-refractivity contribution in [1.82, 2.24) is 4.98 Å². The van der Waals surface area contributed by atoms with E-state index in [1.165, 1.54) is 0 Å². The zero-order chi connectivity index (χ0) is 12.3. The number of pyridine rings is 1. The average Bonchev–Trinajstić information content (AvgIpc) is 2.86. The predicted molar refractivity (Wildman–Crippen MR) is 65.9 cm³/mol. The van der Waals surface area contributed by atoms with Gasteiger partial charge in [0.15, 0.2) is 0 Å². The number of carbonyl (C=O) groups excluding carboxylic acids is 1. The third-order valence-electron chi connectivity index (χ3n) is 3.13. The molecule has 0 aliphatic carbocycles. The van der Waals surface area contributed by atoms with Gasteiger partial charge in [0.1, 0.15) is 0 Å². The summed E-state index contributed by atoms with van der Waals surface area (Å²) in [6.45, 7) is 5.83. The van der Waals surface area contributed by atoms with Gasteiger partial charge in [0, 0.05) is 19.3 Å². The number of rotatable bonds is 3. The molecule has 0 aromatic carbocycles. The van der Waals surface area contributed by atoms with E-state index in [0.29, 0.717) is 19.8 Å². The maximum Gasteiger partial charge on any atom is 0.232 e. The second-order valence-electron chi connectivity index (χ2n) is 4.25. The Morgan fingerprint density at radius 3 is 3.06 bits per heavy atom.